The molecule has 166 valence electrons. The maximum Gasteiger partial charge on any atom is 0.269 e. The minimum Gasteiger partial charge on any atom is -0.508 e. The lowest BCUT2D eigenvalue weighted by molar-refractivity contribution is -0.121. The van der Waals surface area contributed by atoms with E-state index in [-0.39, 0.29) is 17.6 Å². The minimum atomic E-state index is -0.0529. The Hall–Kier alpha value is -2.64. The van der Waals surface area contributed by atoms with E-state index in [1.165, 1.54) is 11.8 Å². The number of aryl methyl sites for hydroxylation is 1. The number of thioether (sulfide) groups is 2. The van der Waals surface area contributed by atoms with Crippen LogP contribution in [0.5, 0.6) is 5.75 Å². The summed E-state index contributed by atoms with van der Waals surface area (Å²) in [4.78, 5) is 24.0. The van der Waals surface area contributed by atoms with Crippen LogP contribution in [0, 0.1) is 6.92 Å². The predicted octanol–water partition coefficient (Wildman–Crippen LogP) is 6.37. The molecule has 32 heavy (non-hydrogen) atoms. The van der Waals surface area contributed by atoms with Gasteiger partial charge in [0, 0.05) is 18.0 Å². The summed E-state index contributed by atoms with van der Waals surface area (Å²) in [6.45, 7) is 13.1. The number of hydrogen-bond donors (Lipinski definition) is 1. The van der Waals surface area contributed by atoms with Crippen molar-refractivity contribution in [1.82, 2.24) is 4.90 Å². The molecule has 0 bridgehead atoms. The summed E-state index contributed by atoms with van der Waals surface area (Å²) in [7, 11) is 0. The van der Waals surface area contributed by atoms with Crippen LogP contribution in [0.2, 0.25) is 0 Å². The monoisotopic (exact) mass is 465 g/mol. The standard InChI is InChI=1S/C25H27N3O2S2/c1-6-12-28-23(30)22(24-27(7-2)19-10-8-9-11-21(19)31-24)32-25(28)26-18-14-17(15(3)4)20(29)13-16(18)5/h6,8-11,13-15,29H,1,7,12H2,2-5H3/b24-22-,26-25?. The van der Waals surface area contributed by atoms with Crippen molar-refractivity contribution in [3.05, 3.63) is 70.1 Å². The number of para-hydroxylation sites is 1. The summed E-state index contributed by atoms with van der Waals surface area (Å²) in [6, 6.07) is 11.9. The molecule has 1 N–H and O–H groups in total. The van der Waals surface area contributed by atoms with Crippen LogP contribution in [0.4, 0.5) is 11.4 Å². The van der Waals surface area contributed by atoms with Gasteiger partial charge in [-0.15, -0.1) is 6.58 Å². The van der Waals surface area contributed by atoms with Crippen molar-refractivity contribution in [1.29, 1.82) is 0 Å². The molecular formula is C25H27N3O2S2. The van der Waals surface area contributed by atoms with Gasteiger partial charge in [-0.1, -0.05) is 43.8 Å². The van der Waals surface area contributed by atoms with Gasteiger partial charge >= 0.3 is 0 Å². The summed E-state index contributed by atoms with van der Waals surface area (Å²) in [5, 5.41) is 11.9. The molecule has 0 spiro atoms. The van der Waals surface area contributed by atoms with Crippen LogP contribution in [-0.2, 0) is 4.79 Å². The summed E-state index contributed by atoms with van der Waals surface area (Å²) in [6.07, 6.45) is 1.72. The molecule has 0 atom stereocenters. The summed E-state index contributed by atoms with van der Waals surface area (Å²) in [5.41, 5.74) is 3.60. The van der Waals surface area contributed by atoms with Crippen LogP contribution in [0.1, 0.15) is 37.8 Å². The van der Waals surface area contributed by atoms with E-state index in [9.17, 15) is 9.90 Å². The quantitative estimate of drug-likeness (QED) is 0.410. The zero-order valence-electron chi connectivity index (χ0n) is 18.8. The first-order chi connectivity index (χ1) is 15.3. The Morgan fingerprint density at radius 1 is 1.19 bits per heavy atom. The van der Waals surface area contributed by atoms with E-state index in [1.54, 1.807) is 28.8 Å². The molecule has 0 radical (unpaired) electrons. The number of phenols is 1. The highest BCUT2D eigenvalue weighted by Gasteiger charge is 2.39. The second-order valence-electron chi connectivity index (χ2n) is 8.00. The highest BCUT2D eigenvalue weighted by atomic mass is 32.2. The Balaban J connectivity index is 1.79. The van der Waals surface area contributed by atoms with Crippen molar-refractivity contribution in [3.63, 3.8) is 0 Å². The first kappa shape index (κ1) is 22.6. The van der Waals surface area contributed by atoms with Gasteiger partial charge in [0.2, 0.25) is 0 Å². The number of benzene rings is 2. The number of hydrogen-bond acceptors (Lipinski definition) is 6. The third-order valence-corrected chi connectivity index (χ3v) is 7.86. The number of carbonyl (C=O) groups is 1. The van der Waals surface area contributed by atoms with Crippen LogP contribution >= 0.6 is 23.5 Å². The summed E-state index contributed by atoms with van der Waals surface area (Å²) >= 11 is 3.04. The van der Waals surface area contributed by atoms with Crippen molar-refractivity contribution in [2.75, 3.05) is 18.0 Å². The maximum atomic E-state index is 13.4. The number of amides is 1. The lowest BCUT2D eigenvalue weighted by Crippen LogP contribution is -2.30. The SMILES string of the molecule is C=CCN1C(=O)/C(=C2/Sc3ccccc3N2CC)SC1=Nc1cc(C(C)C)c(O)cc1C. The van der Waals surface area contributed by atoms with Crippen molar-refractivity contribution in [3.8, 4) is 5.75 Å². The van der Waals surface area contributed by atoms with E-state index < -0.39 is 0 Å². The third kappa shape index (κ3) is 3.95. The summed E-state index contributed by atoms with van der Waals surface area (Å²) in [5.74, 6) is 0.393. The van der Waals surface area contributed by atoms with Crippen LogP contribution in [0.3, 0.4) is 0 Å². The number of aliphatic imine (C=N–C) groups is 1. The first-order valence-corrected chi connectivity index (χ1v) is 12.3. The molecule has 4 rings (SSSR count). The fourth-order valence-corrected chi connectivity index (χ4v) is 6.20. The van der Waals surface area contributed by atoms with E-state index in [0.29, 0.717) is 16.6 Å². The number of phenolic OH excluding ortho intramolecular Hbond substituents is 1. The number of carbonyl (C=O) groups excluding carboxylic acids is 1. The molecule has 1 amide bonds. The normalized spacial score (nSPS) is 19.4. The molecule has 0 unspecified atom stereocenters. The van der Waals surface area contributed by atoms with Crippen molar-refractivity contribution in [2.24, 2.45) is 4.99 Å². The first-order valence-electron chi connectivity index (χ1n) is 10.7. The van der Waals surface area contributed by atoms with Crippen molar-refractivity contribution >= 4 is 46.0 Å². The van der Waals surface area contributed by atoms with E-state index >= 15 is 0 Å². The maximum absolute atomic E-state index is 13.4. The van der Waals surface area contributed by atoms with Gasteiger partial charge in [-0.25, -0.2) is 4.99 Å². The van der Waals surface area contributed by atoms with Gasteiger partial charge in [-0.05, 0) is 66.9 Å². The topological polar surface area (TPSA) is 56.1 Å². The molecule has 0 aromatic heterocycles. The zero-order valence-corrected chi connectivity index (χ0v) is 20.4. The second-order valence-corrected chi connectivity index (χ2v) is 10.0. The van der Waals surface area contributed by atoms with Gasteiger partial charge in [-0.2, -0.15) is 0 Å². The van der Waals surface area contributed by atoms with E-state index in [1.807, 2.05) is 39.0 Å². The number of aromatic hydroxyl groups is 1. The average Bonchev–Trinajstić information content (AvgIpc) is 3.27. The molecule has 0 saturated carbocycles. The van der Waals surface area contributed by atoms with Crippen molar-refractivity contribution in [2.45, 2.75) is 38.5 Å². The highest BCUT2D eigenvalue weighted by Crippen LogP contribution is 2.50. The van der Waals surface area contributed by atoms with Gasteiger partial charge in [0.05, 0.1) is 11.4 Å². The van der Waals surface area contributed by atoms with Crippen LogP contribution in [-0.4, -0.2) is 34.2 Å². The zero-order chi connectivity index (χ0) is 23.0. The number of fused-ring (bicyclic) bond motifs is 1. The fraction of sp³-hybridized carbons (Fsp3) is 0.280. The highest BCUT2D eigenvalue weighted by molar-refractivity contribution is 8.19. The van der Waals surface area contributed by atoms with Gasteiger partial charge < -0.3 is 10.0 Å². The van der Waals surface area contributed by atoms with Gasteiger partial charge in [0.1, 0.15) is 15.7 Å². The predicted molar refractivity (Wildman–Crippen MR) is 136 cm³/mol. The Kier molecular flexibility index (Phi) is 6.40. The molecule has 2 aromatic carbocycles. The van der Waals surface area contributed by atoms with Crippen molar-refractivity contribution < 1.29 is 9.90 Å². The van der Waals surface area contributed by atoms with E-state index in [0.717, 1.165) is 39.0 Å². The molecule has 2 aliphatic rings. The minimum absolute atomic E-state index is 0.0529. The van der Waals surface area contributed by atoms with Crippen LogP contribution in [0.25, 0.3) is 0 Å². The van der Waals surface area contributed by atoms with Gasteiger partial charge in [-0.3, -0.25) is 9.69 Å². The molecule has 1 fully saturated rings. The lowest BCUT2D eigenvalue weighted by Gasteiger charge is -2.19. The molecule has 1 saturated heterocycles. The Labute approximate surface area is 197 Å². The molecule has 2 aromatic rings. The third-order valence-electron chi connectivity index (χ3n) is 5.48. The number of nitrogens with zero attached hydrogens (tertiary/aromatic N) is 3. The van der Waals surface area contributed by atoms with Crippen LogP contribution < -0.4 is 4.90 Å². The van der Waals surface area contributed by atoms with Gasteiger partial charge in [0.15, 0.2) is 5.17 Å². The molecule has 5 nitrogen and oxygen atoms in total. The molecular weight excluding hydrogens is 438 g/mol. The average molecular weight is 466 g/mol. The fourth-order valence-electron chi connectivity index (χ4n) is 3.81. The molecule has 0 aliphatic carbocycles. The molecule has 2 heterocycles. The Morgan fingerprint density at radius 2 is 1.94 bits per heavy atom. The van der Waals surface area contributed by atoms with E-state index in [2.05, 4.69) is 30.5 Å². The molecule has 2 aliphatic heterocycles. The summed E-state index contributed by atoms with van der Waals surface area (Å²) < 4.78 is 0. The number of amidine groups is 1. The van der Waals surface area contributed by atoms with Crippen LogP contribution in [0.15, 0.2) is 68.9 Å². The van der Waals surface area contributed by atoms with Gasteiger partial charge in [0.25, 0.3) is 5.91 Å². The van der Waals surface area contributed by atoms with E-state index in [4.69, 9.17) is 4.99 Å². The number of rotatable bonds is 5. The number of anilines is 1. The Bertz CT molecular complexity index is 1150. The smallest absolute Gasteiger partial charge is 0.269 e. The Morgan fingerprint density at radius 3 is 2.62 bits per heavy atom. The second kappa shape index (κ2) is 9.08. The lowest BCUT2D eigenvalue weighted by atomic mass is 9.99. The molecule has 7 heteroatoms. The largest absolute Gasteiger partial charge is 0.508 e.